The van der Waals surface area contributed by atoms with Crippen molar-refractivity contribution < 1.29 is 46.9 Å². The summed E-state index contributed by atoms with van der Waals surface area (Å²) in [5.41, 5.74) is 2.43. The maximum Gasteiger partial charge on any atom is 0.315 e. The van der Waals surface area contributed by atoms with Crippen LogP contribution in [0.3, 0.4) is 0 Å². The molecule has 3 aromatic rings. The molecule has 4 heterocycles. The van der Waals surface area contributed by atoms with E-state index in [1.165, 1.54) is 12.1 Å². The van der Waals surface area contributed by atoms with Gasteiger partial charge < -0.3 is 33.2 Å². The van der Waals surface area contributed by atoms with Gasteiger partial charge in [0.25, 0.3) is 5.56 Å². The van der Waals surface area contributed by atoms with E-state index in [2.05, 4.69) is 5.16 Å². The average Bonchev–Trinajstić information content (AvgIpc) is 3.35. The predicted molar refractivity (Wildman–Crippen MR) is 146 cm³/mol. The van der Waals surface area contributed by atoms with Crippen LogP contribution in [0.5, 0.6) is 0 Å². The van der Waals surface area contributed by atoms with E-state index in [-0.39, 0.29) is 54.0 Å². The fourth-order valence-corrected chi connectivity index (χ4v) is 5.93. The van der Waals surface area contributed by atoms with Gasteiger partial charge in [0.05, 0.1) is 30.7 Å². The van der Waals surface area contributed by atoms with Gasteiger partial charge in [0.2, 0.25) is 6.73 Å². The number of nitrogens with zero attached hydrogens (tertiary/aromatic N) is 4. The molecule has 0 aliphatic carbocycles. The highest BCUT2D eigenvalue weighted by atomic mass is 127. The van der Waals surface area contributed by atoms with Crippen molar-refractivity contribution in [3.05, 3.63) is 57.1 Å². The number of rotatable bonds is 8. The number of piperidine rings is 1. The lowest BCUT2D eigenvalue weighted by atomic mass is 9.90. The summed E-state index contributed by atoms with van der Waals surface area (Å²) in [7, 11) is 0. The summed E-state index contributed by atoms with van der Waals surface area (Å²) in [5, 5.41) is 5.15. The van der Waals surface area contributed by atoms with Gasteiger partial charge in [0, 0.05) is 60.9 Å². The third-order valence-electron chi connectivity index (χ3n) is 9.08. The van der Waals surface area contributed by atoms with Crippen LogP contribution in [0, 0.1) is 18.2 Å². The minimum absolute atomic E-state index is 0. The average molecular weight is 667 g/mol. The van der Waals surface area contributed by atoms with Crippen LogP contribution in [-0.2, 0) is 28.9 Å². The second-order valence-electron chi connectivity index (χ2n) is 12.0. The smallest absolute Gasteiger partial charge is 0.315 e. The number of aromatic nitrogens is 3. The number of halogens is 2. The first-order chi connectivity index (χ1) is 18.6. The van der Waals surface area contributed by atoms with Gasteiger partial charge in [-0.2, -0.15) is 0 Å². The molecule has 218 valence electrons. The second kappa shape index (κ2) is 12.3. The number of hydrogen-bond acceptors (Lipinski definition) is 6. The number of quaternary nitrogens is 1. The lowest BCUT2D eigenvalue weighted by Gasteiger charge is -2.43. The molecule has 2 aliphatic heterocycles. The SMILES string of the molecule is CCC(C)(C)C(=O)OC[N+]1(CCc2c(C)nc3n(c2=O)CCCC3)CCC(c2noc3cc(F)ccc23)CC1.[I-]. The molecule has 0 radical (unpaired) electrons. The lowest BCUT2D eigenvalue weighted by Crippen LogP contribution is -3.00. The quantitative estimate of drug-likeness (QED) is 0.208. The van der Waals surface area contributed by atoms with Crippen LogP contribution in [0.4, 0.5) is 4.39 Å². The van der Waals surface area contributed by atoms with Gasteiger partial charge in [-0.1, -0.05) is 12.1 Å². The molecule has 5 rings (SSSR count). The molecule has 0 saturated carbocycles. The van der Waals surface area contributed by atoms with Crippen molar-refractivity contribution >= 4 is 16.9 Å². The molecule has 0 amide bonds. The Morgan fingerprint density at radius 2 is 2.00 bits per heavy atom. The summed E-state index contributed by atoms with van der Waals surface area (Å²) in [6.45, 7) is 11.0. The first kappa shape index (κ1) is 30.6. The maximum absolute atomic E-state index is 13.7. The van der Waals surface area contributed by atoms with Crippen molar-refractivity contribution in [2.45, 2.75) is 85.1 Å². The molecule has 1 aromatic carbocycles. The molecule has 0 spiro atoms. The highest BCUT2D eigenvalue weighted by Gasteiger charge is 2.39. The third-order valence-corrected chi connectivity index (χ3v) is 9.08. The molecule has 0 atom stereocenters. The number of likely N-dealkylation sites (tertiary alicyclic amines) is 1. The Morgan fingerprint density at radius 1 is 1.25 bits per heavy atom. The van der Waals surface area contributed by atoms with Gasteiger partial charge in [-0.25, -0.2) is 9.37 Å². The molecule has 10 heteroatoms. The molecule has 1 saturated heterocycles. The first-order valence-electron chi connectivity index (χ1n) is 14.3. The van der Waals surface area contributed by atoms with Gasteiger partial charge in [-0.15, -0.1) is 0 Å². The normalized spacial score (nSPS) is 21.1. The van der Waals surface area contributed by atoms with Crippen LogP contribution in [0.1, 0.15) is 81.6 Å². The lowest BCUT2D eigenvalue weighted by molar-refractivity contribution is -0.948. The van der Waals surface area contributed by atoms with Crippen molar-refractivity contribution in [2.75, 3.05) is 26.4 Å². The van der Waals surface area contributed by atoms with Crippen molar-refractivity contribution in [1.82, 2.24) is 14.7 Å². The van der Waals surface area contributed by atoms with Crippen LogP contribution in [0.2, 0.25) is 0 Å². The second-order valence-corrected chi connectivity index (χ2v) is 12.0. The Labute approximate surface area is 251 Å². The van der Waals surface area contributed by atoms with Crippen molar-refractivity contribution in [3.63, 3.8) is 0 Å². The molecular formula is C30H40FIN4O4. The largest absolute Gasteiger partial charge is 1.00 e. The first-order valence-corrected chi connectivity index (χ1v) is 14.3. The number of hydrogen-bond donors (Lipinski definition) is 0. The molecular weight excluding hydrogens is 626 g/mol. The van der Waals surface area contributed by atoms with E-state index in [9.17, 15) is 14.0 Å². The topological polar surface area (TPSA) is 87.2 Å². The fourth-order valence-electron chi connectivity index (χ4n) is 5.93. The minimum atomic E-state index is -0.547. The number of benzene rings is 1. The van der Waals surface area contributed by atoms with Crippen LogP contribution < -0.4 is 29.5 Å². The van der Waals surface area contributed by atoms with Gasteiger partial charge in [0.15, 0.2) is 5.58 Å². The third kappa shape index (κ3) is 6.12. The Hall–Kier alpha value is -2.34. The number of aryl methyl sites for hydroxylation is 2. The van der Waals surface area contributed by atoms with E-state index in [0.29, 0.717) is 29.5 Å². The molecule has 1 fully saturated rings. The molecule has 2 aliphatic rings. The van der Waals surface area contributed by atoms with Crippen LogP contribution in [0.25, 0.3) is 11.0 Å². The van der Waals surface area contributed by atoms with E-state index >= 15 is 0 Å². The van der Waals surface area contributed by atoms with Crippen molar-refractivity contribution in [2.24, 2.45) is 5.41 Å². The summed E-state index contributed by atoms with van der Waals surface area (Å²) >= 11 is 0. The summed E-state index contributed by atoms with van der Waals surface area (Å²) < 4.78 is 27.5. The van der Waals surface area contributed by atoms with Gasteiger partial charge in [-0.3, -0.25) is 18.6 Å². The zero-order valence-corrected chi connectivity index (χ0v) is 26.1. The Kier molecular flexibility index (Phi) is 9.38. The van der Waals surface area contributed by atoms with E-state index in [0.717, 1.165) is 79.9 Å². The number of fused-ring (bicyclic) bond motifs is 2. The molecule has 0 N–H and O–H groups in total. The highest BCUT2D eigenvalue weighted by Crippen LogP contribution is 2.36. The molecule has 0 bridgehead atoms. The molecule has 40 heavy (non-hydrogen) atoms. The molecule has 0 unspecified atom stereocenters. The minimum Gasteiger partial charge on any atom is -1.00 e. The number of carbonyl (C=O) groups excluding carboxylic acids is 1. The van der Waals surface area contributed by atoms with Gasteiger partial charge in [0.1, 0.15) is 11.6 Å². The van der Waals surface area contributed by atoms with Crippen molar-refractivity contribution in [3.8, 4) is 0 Å². The van der Waals surface area contributed by atoms with E-state index < -0.39 is 5.41 Å². The van der Waals surface area contributed by atoms with Crippen LogP contribution in [0.15, 0.2) is 27.5 Å². The molecule has 2 aromatic heterocycles. The number of carbonyl (C=O) groups is 1. The van der Waals surface area contributed by atoms with E-state index in [1.54, 1.807) is 6.07 Å². The predicted octanol–water partition coefficient (Wildman–Crippen LogP) is 2.05. The maximum atomic E-state index is 13.7. The standard InChI is InChI=1S/C30H40FN4O4.HI/c1-5-30(3,4)29(37)38-19-35(17-13-23-20(2)32-26-8-6-7-14-34(26)28(23)36)15-11-21(12-16-35)27-24-10-9-22(31)18-25(24)39-33-27;/h9-10,18,21H,5-8,11-17,19H2,1-4H3;1H/q+1;/p-1. The zero-order chi connectivity index (χ0) is 27.8. The zero-order valence-electron chi connectivity index (χ0n) is 24.0. The number of esters is 1. The molecule has 8 nitrogen and oxygen atoms in total. The monoisotopic (exact) mass is 666 g/mol. The highest BCUT2D eigenvalue weighted by molar-refractivity contribution is 5.80. The summed E-state index contributed by atoms with van der Waals surface area (Å²) in [6.07, 6.45) is 5.87. The summed E-state index contributed by atoms with van der Waals surface area (Å²) in [4.78, 5) is 31.1. The fraction of sp³-hybridized carbons (Fsp3) is 0.600. The van der Waals surface area contributed by atoms with Crippen LogP contribution >= 0.6 is 0 Å². The van der Waals surface area contributed by atoms with Crippen LogP contribution in [-0.4, -0.2) is 51.5 Å². The summed E-state index contributed by atoms with van der Waals surface area (Å²) in [6, 6.07) is 4.55. The van der Waals surface area contributed by atoms with E-state index in [4.69, 9.17) is 14.2 Å². The van der Waals surface area contributed by atoms with Gasteiger partial charge in [-0.05, 0) is 52.2 Å². The van der Waals surface area contributed by atoms with E-state index in [1.807, 2.05) is 32.3 Å². The van der Waals surface area contributed by atoms with Crippen molar-refractivity contribution in [1.29, 1.82) is 0 Å². The van der Waals surface area contributed by atoms with Gasteiger partial charge >= 0.3 is 5.97 Å². The Bertz CT molecular complexity index is 1430. The summed E-state index contributed by atoms with van der Waals surface area (Å²) in [5.74, 6) is 0.529. The number of ether oxygens (including phenoxy) is 1. The Balaban J connectivity index is 0.00000370. The Morgan fingerprint density at radius 3 is 2.73 bits per heavy atom.